The predicted octanol–water partition coefficient (Wildman–Crippen LogP) is 3.97. The van der Waals surface area contributed by atoms with Gasteiger partial charge in [-0.25, -0.2) is 0 Å². The Labute approximate surface area is 137 Å². The molecular formula is C19H23NO3. The van der Waals surface area contributed by atoms with Crippen LogP contribution in [-0.4, -0.2) is 19.1 Å². The van der Waals surface area contributed by atoms with Gasteiger partial charge in [-0.3, -0.25) is 4.79 Å². The molecule has 0 bridgehead atoms. The van der Waals surface area contributed by atoms with Crippen LogP contribution in [0.2, 0.25) is 0 Å². The van der Waals surface area contributed by atoms with Crippen molar-refractivity contribution in [3.8, 4) is 11.5 Å². The van der Waals surface area contributed by atoms with Gasteiger partial charge in [-0.2, -0.15) is 0 Å². The molecule has 0 unspecified atom stereocenters. The molecule has 4 heteroatoms. The third-order valence-corrected chi connectivity index (χ3v) is 3.45. The molecule has 2 rings (SSSR count). The second kappa shape index (κ2) is 8.22. The molecule has 122 valence electrons. The number of hydrogen-bond donors (Lipinski definition) is 1. The molecule has 0 aliphatic heterocycles. The summed E-state index contributed by atoms with van der Waals surface area (Å²) in [5.74, 6) is 1.28. The van der Waals surface area contributed by atoms with Crippen LogP contribution in [0.1, 0.15) is 25.0 Å². The average molecular weight is 313 g/mol. The topological polar surface area (TPSA) is 47.6 Å². The Hall–Kier alpha value is -2.49. The molecule has 0 atom stereocenters. The Morgan fingerprint density at radius 2 is 1.78 bits per heavy atom. The van der Waals surface area contributed by atoms with Crippen LogP contribution in [0, 0.1) is 6.92 Å². The molecule has 1 N–H and O–H groups in total. The highest BCUT2D eigenvalue weighted by Crippen LogP contribution is 2.29. The third-order valence-electron chi connectivity index (χ3n) is 3.45. The molecule has 2 aromatic carbocycles. The molecule has 0 spiro atoms. The van der Waals surface area contributed by atoms with Gasteiger partial charge < -0.3 is 14.8 Å². The largest absolute Gasteiger partial charge is 0.494 e. The van der Waals surface area contributed by atoms with Crippen molar-refractivity contribution < 1.29 is 14.3 Å². The van der Waals surface area contributed by atoms with Crippen molar-refractivity contribution >= 4 is 11.6 Å². The van der Waals surface area contributed by atoms with Crippen LogP contribution in [0.15, 0.2) is 42.5 Å². The van der Waals surface area contributed by atoms with Crippen molar-refractivity contribution in [3.05, 3.63) is 53.6 Å². The van der Waals surface area contributed by atoms with Gasteiger partial charge in [-0.15, -0.1) is 0 Å². The fourth-order valence-corrected chi connectivity index (χ4v) is 2.32. The van der Waals surface area contributed by atoms with Gasteiger partial charge in [0.1, 0.15) is 11.5 Å². The minimum atomic E-state index is -0.0751. The summed E-state index contributed by atoms with van der Waals surface area (Å²) in [6, 6.07) is 13.3. The van der Waals surface area contributed by atoms with Gasteiger partial charge in [0.25, 0.3) is 0 Å². The molecular weight excluding hydrogens is 290 g/mol. The Balaban J connectivity index is 2.15. The minimum absolute atomic E-state index is 0.0751. The summed E-state index contributed by atoms with van der Waals surface area (Å²) in [4.78, 5) is 12.4. The van der Waals surface area contributed by atoms with Crippen molar-refractivity contribution in [3.63, 3.8) is 0 Å². The van der Waals surface area contributed by atoms with E-state index in [1.807, 2.05) is 57.2 Å². The molecule has 0 saturated carbocycles. The van der Waals surface area contributed by atoms with E-state index in [1.165, 1.54) is 0 Å². The van der Waals surface area contributed by atoms with Gasteiger partial charge in [0.05, 0.1) is 25.3 Å². The quantitative estimate of drug-likeness (QED) is 0.841. The highest BCUT2D eigenvalue weighted by Gasteiger charge is 2.11. The molecule has 0 heterocycles. The summed E-state index contributed by atoms with van der Waals surface area (Å²) in [6.45, 7) is 6.95. The Kier molecular flexibility index (Phi) is 6.03. The lowest BCUT2D eigenvalue weighted by Crippen LogP contribution is -2.16. The second-order valence-electron chi connectivity index (χ2n) is 5.18. The average Bonchev–Trinajstić information content (AvgIpc) is 2.52. The first kappa shape index (κ1) is 16.9. The summed E-state index contributed by atoms with van der Waals surface area (Å²) in [5, 5.41) is 2.93. The summed E-state index contributed by atoms with van der Waals surface area (Å²) in [7, 11) is 0. The number of ether oxygens (including phenoxy) is 2. The maximum absolute atomic E-state index is 12.4. The summed E-state index contributed by atoms with van der Waals surface area (Å²) in [6.07, 6.45) is 0.330. The van der Waals surface area contributed by atoms with Crippen LogP contribution in [0.5, 0.6) is 11.5 Å². The minimum Gasteiger partial charge on any atom is -0.494 e. The molecule has 23 heavy (non-hydrogen) atoms. The van der Waals surface area contributed by atoms with E-state index in [0.29, 0.717) is 36.8 Å². The number of anilines is 1. The highest BCUT2D eigenvalue weighted by atomic mass is 16.5. The van der Waals surface area contributed by atoms with Crippen molar-refractivity contribution in [2.24, 2.45) is 0 Å². The number of nitrogens with one attached hydrogen (secondary N) is 1. The van der Waals surface area contributed by atoms with Crippen molar-refractivity contribution in [2.75, 3.05) is 18.5 Å². The summed E-state index contributed by atoms with van der Waals surface area (Å²) >= 11 is 0. The van der Waals surface area contributed by atoms with Gasteiger partial charge in [0, 0.05) is 6.07 Å². The van der Waals surface area contributed by atoms with E-state index in [-0.39, 0.29) is 5.91 Å². The van der Waals surface area contributed by atoms with Gasteiger partial charge in [0.15, 0.2) is 0 Å². The first-order valence-corrected chi connectivity index (χ1v) is 7.88. The maximum Gasteiger partial charge on any atom is 0.228 e. The van der Waals surface area contributed by atoms with Crippen LogP contribution in [0.25, 0.3) is 0 Å². The van der Waals surface area contributed by atoms with Crippen LogP contribution >= 0.6 is 0 Å². The Morgan fingerprint density at radius 1 is 1.04 bits per heavy atom. The molecule has 1 amide bonds. The van der Waals surface area contributed by atoms with Crippen molar-refractivity contribution in [1.82, 2.24) is 0 Å². The number of benzene rings is 2. The summed E-state index contributed by atoms with van der Waals surface area (Å²) < 4.78 is 11.1. The first-order chi connectivity index (χ1) is 11.1. The molecule has 2 aromatic rings. The lowest BCUT2D eigenvalue weighted by Gasteiger charge is -2.14. The predicted molar refractivity (Wildman–Crippen MR) is 92.3 cm³/mol. The van der Waals surface area contributed by atoms with Crippen molar-refractivity contribution in [1.29, 1.82) is 0 Å². The number of amides is 1. The van der Waals surface area contributed by atoms with E-state index in [1.54, 1.807) is 6.07 Å². The lowest BCUT2D eigenvalue weighted by molar-refractivity contribution is -0.115. The monoisotopic (exact) mass is 313 g/mol. The number of aryl methyl sites for hydroxylation is 1. The van der Waals surface area contributed by atoms with E-state index in [2.05, 4.69) is 5.32 Å². The van der Waals surface area contributed by atoms with E-state index >= 15 is 0 Å². The van der Waals surface area contributed by atoms with Crippen LogP contribution in [-0.2, 0) is 11.2 Å². The molecule has 0 aromatic heterocycles. The van der Waals surface area contributed by atoms with Gasteiger partial charge in [-0.1, -0.05) is 24.3 Å². The van der Waals surface area contributed by atoms with E-state index < -0.39 is 0 Å². The standard InChI is InChI=1S/C19H23NO3/c1-4-22-16-10-11-18(23-5-2)17(13-16)20-19(21)12-15-9-7-6-8-14(15)3/h6-11,13H,4-5,12H2,1-3H3,(H,20,21). The zero-order valence-electron chi connectivity index (χ0n) is 13.9. The fourth-order valence-electron chi connectivity index (χ4n) is 2.32. The van der Waals surface area contributed by atoms with Gasteiger partial charge in [-0.05, 0) is 44.0 Å². The number of rotatable bonds is 7. The lowest BCUT2D eigenvalue weighted by atomic mass is 10.1. The Morgan fingerprint density at radius 3 is 2.48 bits per heavy atom. The SMILES string of the molecule is CCOc1ccc(OCC)c(NC(=O)Cc2ccccc2C)c1. The smallest absolute Gasteiger partial charge is 0.228 e. The van der Waals surface area contributed by atoms with Gasteiger partial charge >= 0.3 is 0 Å². The van der Waals surface area contributed by atoms with Crippen LogP contribution in [0.3, 0.4) is 0 Å². The van der Waals surface area contributed by atoms with E-state index in [9.17, 15) is 4.79 Å². The molecule has 0 fully saturated rings. The van der Waals surface area contributed by atoms with Crippen molar-refractivity contribution in [2.45, 2.75) is 27.2 Å². The second-order valence-corrected chi connectivity index (χ2v) is 5.18. The fraction of sp³-hybridized carbons (Fsp3) is 0.316. The maximum atomic E-state index is 12.4. The highest BCUT2D eigenvalue weighted by molar-refractivity contribution is 5.94. The first-order valence-electron chi connectivity index (χ1n) is 7.88. The Bertz CT molecular complexity index is 667. The molecule has 0 saturated heterocycles. The zero-order chi connectivity index (χ0) is 16.7. The summed E-state index contributed by atoms with van der Waals surface area (Å²) in [5.41, 5.74) is 2.76. The number of hydrogen-bond acceptors (Lipinski definition) is 3. The molecule has 0 aliphatic carbocycles. The third kappa shape index (κ3) is 4.74. The molecule has 0 aliphatic rings. The normalized spacial score (nSPS) is 10.2. The van der Waals surface area contributed by atoms with Crippen LogP contribution < -0.4 is 14.8 Å². The number of carbonyl (C=O) groups excluding carboxylic acids is 1. The number of carbonyl (C=O) groups is 1. The van der Waals surface area contributed by atoms with Gasteiger partial charge in [0.2, 0.25) is 5.91 Å². The molecule has 4 nitrogen and oxygen atoms in total. The zero-order valence-corrected chi connectivity index (χ0v) is 13.9. The van der Waals surface area contributed by atoms with E-state index in [4.69, 9.17) is 9.47 Å². The van der Waals surface area contributed by atoms with Crippen LogP contribution in [0.4, 0.5) is 5.69 Å². The molecule has 0 radical (unpaired) electrons. The van der Waals surface area contributed by atoms with E-state index in [0.717, 1.165) is 11.1 Å².